The van der Waals surface area contributed by atoms with E-state index in [1.807, 2.05) is 18.2 Å². The molecule has 2 aromatic heterocycles. The molecule has 3 heterocycles. The van der Waals surface area contributed by atoms with E-state index in [0.29, 0.717) is 48.6 Å². The number of piperazine rings is 1. The molecule has 0 saturated carbocycles. The lowest BCUT2D eigenvalue weighted by Gasteiger charge is -2.35. The number of anilines is 2. The van der Waals surface area contributed by atoms with Crippen LogP contribution in [0.4, 0.5) is 15.9 Å². The number of aromatic nitrogens is 3. The highest BCUT2D eigenvalue weighted by Gasteiger charge is 2.25. The Balaban J connectivity index is 1.45. The van der Waals surface area contributed by atoms with Gasteiger partial charge in [-0.15, -0.1) is 0 Å². The largest absolute Gasteiger partial charge is 0.480 e. The van der Waals surface area contributed by atoms with Gasteiger partial charge >= 0.3 is 0 Å². The number of allylic oxidation sites excluding steroid dienone is 1. The van der Waals surface area contributed by atoms with Gasteiger partial charge in [-0.1, -0.05) is 18.2 Å². The quantitative estimate of drug-likeness (QED) is 0.299. The summed E-state index contributed by atoms with van der Waals surface area (Å²) in [4.78, 5) is 40.1. The molecule has 0 atom stereocenters. The standard InChI is InChI=1S/C30H29FN6O5S/c1-19-5-4-6-24(31)28(19)43(40,41)35-26-16-22(17-32-30(26)42-3)21-8-9-25-23(15-21)29(34-18-33-25)37-13-11-36(12-14-37)27(39)10-7-20(2)38/h4-10,15-18,35H,11-14H2,1-3H3/b10-7+. The number of benzene rings is 2. The smallest absolute Gasteiger partial charge is 0.265 e. The van der Waals surface area contributed by atoms with Crippen molar-refractivity contribution >= 4 is 44.1 Å². The maximum atomic E-state index is 14.5. The summed E-state index contributed by atoms with van der Waals surface area (Å²) in [6.07, 6.45) is 5.59. The van der Waals surface area contributed by atoms with Crippen LogP contribution in [0.3, 0.4) is 0 Å². The van der Waals surface area contributed by atoms with Crippen LogP contribution >= 0.6 is 0 Å². The van der Waals surface area contributed by atoms with Crippen LogP contribution in [0.15, 0.2) is 72.0 Å². The fourth-order valence-corrected chi connectivity index (χ4v) is 6.26. The Hall–Kier alpha value is -4.91. The highest BCUT2D eigenvalue weighted by molar-refractivity contribution is 7.92. The van der Waals surface area contributed by atoms with E-state index in [2.05, 4.69) is 24.6 Å². The Morgan fingerprint density at radius 2 is 1.77 bits per heavy atom. The second kappa shape index (κ2) is 12.1. The van der Waals surface area contributed by atoms with Crippen LogP contribution in [0, 0.1) is 12.7 Å². The molecule has 0 radical (unpaired) electrons. The van der Waals surface area contributed by atoms with Gasteiger partial charge in [-0.05, 0) is 55.3 Å². The first kappa shape index (κ1) is 29.6. The monoisotopic (exact) mass is 604 g/mol. The van der Waals surface area contributed by atoms with Gasteiger partial charge in [-0.3, -0.25) is 14.3 Å². The normalized spacial score (nSPS) is 13.9. The summed E-state index contributed by atoms with van der Waals surface area (Å²) in [5, 5.41) is 0.760. The van der Waals surface area contributed by atoms with Crippen molar-refractivity contribution in [2.45, 2.75) is 18.7 Å². The average molecular weight is 605 g/mol. The van der Waals surface area contributed by atoms with Crippen molar-refractivity contribution in [3.8, 4) is 17.0 Å². The minimum Gasteiger partial charge on any atom is -0.480 e. The van der Waals surface area contributed by atoms with Gasteiger partial charge in [0.25, 0.3) is 10.0 Å². The predicted molar refractivity (Wildman–Crippen MR) is 160 cm³/mol. The number of ketones is 1. The van der Waals surface area contributed by atoms with Crippen LogP contribution in [0.2, 0.25) is 0 Å². The number of nitrogens with one attached hydrogen (secondary N) is 1. The molecule has 0 unspecified atom stereocenters. The van der Waals surface area contributed by atoms with E-state index >= 15 is 0 Å². The lowest BCUT2D eigenvalue weighted by atomic mass is 10.0. The van der Waals surface area contributed by atoms with Crippen molar-refractivity contribution in [1.29, 1.82) is 0 Å². The zero-order valence-electron chi connectivity index (χ0n) is 23.7. The van der Waals surface area contributed by atoms with E-state index in [1.165, 1.54) is 51.6 Å². The third-order valence-corrected chi connectivity index (χ3v) is 8.56. The molecule has 1 aliphatic rings. The van der Waals surface area contributed by atoms with Gasteiger partial charge in [0.15, 0.2) is 5.78 Å². The van der Waals surface area contributed by atoms with Crippen LogP contribution in [0.25, 0.3) is 22.0 Å². The first-order valence-corrected chi connectivity index (χ1v) is 14.9. The molecule has 0 aliphatic carbocycles. The summed E-state index contributed by atoms with van der Waals surface area (Å²) in [5.41, 5.74) is 2.30. The Bertz CT molecular complexity index is 1840. The summed E-state index contributed by atoms with van der Waals surface area (Å²) in [7, 11) is -2.94. The highest BCUT2D eigenvalue weighted by Crippen LogP contribution is 2.34. The number of fused-ring (bicyclic) bond motifs is 1. The van der Waals surface area contributed by atoms with Crippen molar-refractivity contribution < 1.29 is 27.1 Å². The van der Waals surface area contributed by atoms with Gasteiger partial charge in [0.1, 0.15) is 28.5 Å². The Morgan fingerprint density at radius 3 is 2.47 bits per heavy atom. The van der Waals surface area contributed by atoms with Gasteiger partial charge < -0.3 is 14.5 Å². The topological polar surface area (TPSA) is 135 Å². The lowest BCUT2D eigenvalue weighted by Crippen LogP contribution is -2.48. The Labute approximate surface area is 248 Å². The number of sulfonamides is 1. The fraction of sp³-hybridized carbons (Fsp3) is 0.233. The highest BCUT2D eigenvalue weighted by atomic mass is 32.2. The number of aryl methyl sites for hydroxylation is 1. The third-order valence-electron chi connectivity index (χ3n) is 7.02. The number of carbonyl (C=O) groups is 2. The average Bonchev–Trinajstić information content (AvgIpc) is 2.99. The van der Waals surface area contributed by atoms with Gasteiger partial charge in [-0.2, -0.15) is 0 Å². The second-order valence-electron chi connectivity index (χ2n) is 9.96. The molecular weight excluding hydrogens is 575 g/mol. The zero-order chi connectivity index (χ0) is 30.7. The number of methoxy groups -OCH3 is 1. The van der Waals surface area contributed by atoms with Crippen molar-refractivity contribution in [2.24, 2.45) is 0 Å². The molecule has 1 aliphatic heterocycles. The fourth-order valence-electron chi connectivity index (χ4n) is 4.91. The van der Waals surface area contributed by atoms with Gasteiger partial charge in [-0.25, -0.2) is 27.8 Å². The Morgan fingerprint density at radius 1 is 1.00 bits per heavy atom. The number of nitrogens with zero attached hydrogens (tertiary/aromatic N) is 5. The van der Waals surface area contributed by atoms with Crippen LogP contribution in [-0.2, 0) is 19.6 Å². The predicted octanol–water partition coefficient (Wildman–Crippen LogP) is 3.74. The minimum absolute atomic E-state index is 0.0247. The van der Waals surface area contributed by atoms with Crippen LogP contribution in [-0.4, -0.2) is 73.2 Å². The molecule has 43 heavy (non-hydrogen) atoms. The molecule has 1 amide bonds. The number of hydrogen-bond acceptors (Lipinski definition) is 9. The van der Waals surface area contributed by atoms with Gasteiger partial charge in [0, 0.05) is 49.4 Å². The maximum absolute atomic E-state index is 14.5. The molecule has 2 aromatic carbocycles. The molecule has 0 spiro atoms. The molecule has 222 valence electrons. The second-order valence-corrected chi connectivity index (χ2v) is 11.6. The van der Waals surface area contributed by atoms with Crippen molar-refractivity contribution in [2.75, 3.05) is 42.9 Å². The molecule has 1 saturated heterocycles. The number of ether oxygens (including phenoxy) is 1. The molecule has 4 aromatic rings. The van der Waals surface area contributed by atoms with E-state index in [0.717, 1.165) is 11.5 Å². The summed E-state index contributed by atoms with van der Waals surface area (Å²) < 4.78 is 48.6. The lowest BCUT2D eigenvalue weighted by molar-refractivity contribution is -0.126. The summed E-state index contributed by atoms with van der Waals surface area (Å²) in [6.45, 7) is 4.88. The summed E-state index contributed by atoms with van der Waals surface area (Å²) in [6, 6.07) is 11.2. The van der Waals surface area contributed by atoms with Crippen molar-refractivity contribution in [3.05, 3.63) is 78.5 Å². The van der Waals surface area contributed by atoms with E-state index in [1.54, 1.807) is 17.2 Å². The number of carbonyl (C=O) groups excluding carboxylic acids is 2. The molecule has 11 nitrogen and oxygen atoms in total. The van der Waals surface area contributed by atoms with Gasteiger partial charge in [0.2, 0.25) is 11.8 Å². The molecule has 5 rings (SSSR count). The summed E-state index contributed by atoms with van der Waals surface area (Å²) >= 11 is 0. The molecular formula is C30H29FN6O5S. The number of hydrogen-bond donors (Lipinski definition) is 1. The van der Waals surface area contributed by atoms with E-state index in [4.69, 9.17) is 4.74 Å². The van der Waals surface area contributed by atoms with E-state index in [-0.39, 0.29) is 28.8 Å². The molecule has 1 fully saturated rings. The maximum Gasteiger partial charge on any atom is 0.265 e. The molecule has 1 N–H and O–H groups in total. The zero-order valence-corrected chi connectivity index (χ0v) is 24.6. The SMILES string of the molecule is COc1ncc(-c2ccc3ncnc(N4CCN(C(=O)/C=C/C(C)=O)CC4)c3c2)cc1NS(=O)(=O)c1c(C)cccc1F. The molecule has 0 bridgehead atoms. The van der Waals surface area contributed by atoms with E-state index < -0.39 is 20.7 Å². The summed E-state index contributed by atoms with van der Waals surface area (Å²) in [5.74, 6) is -0.553. The van der Waals surface area contributed by atoms with Crippen LogP contribution < -0.4 is 14.4 Å². The molecule has 13 heteroatoms. The number of pyridine rings is 1. The number of halogens is 1. The van der Waals surface area contributed by atoms with E-state index in [9.17, 15) is 22.4 Å². The first-order chi connectivity index (χ1) is 20.6. The number of rotatable bonds is 8. The minimum atomic E-state index is -4.30. The van der Waals surface area contributed by atoms with Crippen molar-refractivity contribution in [1.82, 2.24) is 19.9 Å². The van der Waals surface area contributed by atoms with Gasteiger partial charge in [0.05, 0.1) is 12.6 Å². The number of amides is 1. The van der Waals surface area contributed by atoms with Crippen LogP contribution in [0.1, 0.15) is 12.5 Å². The Kier molecular flexibility index (Phi) is 8.35. The first-order valence-electron chi connectivity index (χ1n) is 13.4. The third kappa shape index (κ3) is 6.31. The van der Waals surface area contributed by atoms with Crippen LogP contribution in [0.5, 0.6) is 5.88 Å². The van der Waals surface area contributed by atoms with Crippen molar-refractivity contribution in [3.63, 3.8) is 0 Å².